The van der Waals surface area contributed by atoms with E-state index in [2.05, 4.69) is 27.3 Å². The summed E-state index contributed by atoms with van der Waals surface area (Å²) < 4.78 is 0. The number of rotatable bonds is 3. The van der Waals surface area contributed by atoms with Crippen molar-refractivity contribution in [2.24, 2.45) is 5.92 Å². The van der Waals surface area contributed by atoms with Gasteiger partial charge in [-0.1, -0.05) is 13.0 Å². The highest BCUT2D eigenvalue weighted by molar-refractivity contribution is 6.02. The van der Waals surface area contributed by atoms with Crippen LogP contribution < -0.4 is 10.2 Å². The maximum atomic E-state index is 12.3. The molecule has 1 aliphatic rings. The fraction of sp³-hybridized carbons (Fsp3) is 0.421. The van der Waals surface area contributed by atoms with Gasteiger partial charge in [0.2, 0.25) is 0 Å². The van der Waals surface area contributed by atoms with Gasteiger partial charge in [-0.25, -0.2) is 0 Å². The molecule has 1 aromatic heterocycles. The summed E-state index contributed by atoms with van der Waals surface area (Å²) in [5, 5.41) is 11.2. The molecular formula is C19H24N4O. The quantitative estimate of drug-likeness (QED) is 0.937. The molecule has 0 spiro atoms. The second kappa shape index (κ2) is 6.99. The van der Waals surface area contributed by atoms with E-state index < -0.39 is 0 Å². The van der Waals surface area contributed by atoms with E-state index in [0.29, 0.717) is 5.69 Å². The van der Waals surface area contributed by atoms with E-state index in [1.54, 1.807) is 6.07 Å². The molecule has 0 unspecified atom stereocenters. The van der Waals surface area contributed by atoms with Gasteiger partial charge in [-0.2, -0.15) is 0 Å². The lowest BCUT2D eigenvalue weighted by molar-refractivity contribution is 0.102. The molecule has 2 aromatic rings. The van der Waals surface area contributed by atoms with Crippen LogP contribution in [0.15, 0.2) is 30.3 Å². The maximum Gasteiger partial charge on any atom is 0.276 e. The summed E-state index contributed by atoms with van der Waals surface area (Å²) in [5.41, 5.74) is 3.46. The number of carbonyl (C=O) groups excluding carboxylic acids is 1. The molecule has 24 heavy (non-hydrogen) atoms. The van der Waals surface area contributed by atoms with Crippen molar-refractivity contribution in [1.82, 2.24) is 10.2 Å². The molecule has 1 aliphatic heterocycles. The predicted molar refractivity (Wildman–Crippen MR) is 96.5 cm³/mol. The van der Waals surface area contributed by atoms with Crippen LogP contribution in [0, 0.1) is 19.8 Å². The Bertz CT molecular complexity index is 719. The highest BCUT2D eigenvalue weighted by Gasteiger charge is 2.18. The molecule has 5 nitrogen and oxygen atoms in total. The highest BCUT2D eigenvalue weighted by Crippen LogP contribution is 2.21. The summed E-state index contributed by atoms with van der Waals surface area (Å²) in [5.74, 6) is 1.39. The lowest BCUT2D eigenvalue weighted by Crippen LogP contribution is -2.33. The number of aromatic nitrogens is 2. The molecule has 0 saturated carbocycles. The molecule has 0 radical (unpaired) electrons. The third kappa shape index (κ3) is 3.72. The van der Waals surface area contributed by atoms with Gasteiger partial charge < -0.3 is 10.2 Å². The fourth-order valence-corrected chi connectivity index (χ4v) is 2.87. The molecular weight excluding hydrogens is 300 g/mol. The third-order valence-corrected chi connectivity index (χ3v) is 4.76. The molecule has 2 heterocycles. The number of piperidine rings is 1. The highest BCUT2D eigenvalue weighted by atomic mass is 16.1. The monoisotopic (exact) mass is 324 g/mol. The Morgan fingerprint density at radius 1 is 1.08 bits per heavy atom. The first-order valence-corrected chi connectivity index (χ1v) is 8.50. The largest absolute Gasteiger partial charge is 0.355 e. The van der Waals surface area contributed by atoms with Crippen LogP contribution in [0.2, 0.25) is 0 Å². The minimum absolute atomic E-state index is 0.232. The lowest BCUT2D eigenvalue weighted by Gasteiger charge is -2.30. The average Bonchev–Trinajstić information content (AvgIpc) is 2.59. The Labute approximate surface area is 143 Å². The lowest BCUT2D eigenvalue weighted by atomic mass is 9.99. The fourth-order valence-electron chi connectivity index (χ4n) is 2.87. The standard InChI is InChI=1S/C19H24N4O/c1-13-8-10-23(11-9-13)18-7-6-17(21-22-18)19(24)20-16-5-4-14(2)15(3)12-16/h4-7,12-13H,8-11H2,1-3H3,(H,20,24). The zero-order valence-electron chi connectivity index (χ0n) is 14.5. The molecule has 1 saturated heterocycles. The first kappa shape index (κ1) is 16.4. The number of benzene rings is 1. The summed E-state index contributed by atoms with van der Waals surface area (Å²) in [6.45, 7) is 8.36. The maximum absolute atomic E-state index is 12.3. The van der Waals surface area contributed by atoms with Crippen molar-refractivity contribution in [2.45, 2.75) is 33.6 Å². The van der Waals surface area contributed by atoms with Gasteiger partial charge in [0.15, 0.2) is 11.5 Å². The Hall–Kier alpha value is -2.43. The molecule has 5 heteroatoms. The van der Waals surface area contributed by atoms with Crippen molar-refractivity contribution in [3.8, 4) is 0 Å². The van der Waals surface area contributed by atoms with E-state index >= 15 is 0 Å². The van der Waals surface area contributed by atoms with E-state index in [1.165, 1.54) is 18.4 Å². The van der Waals surface area contributed by atoms with Crippen LogP contribution in [0.25, 0.3) is 0 Å². The van der Waals surface area contributed by atoms with Crippen LogP contribution in [0.3, 0.4) is 0 Å². The van der Waals surface area contributed by atoms with Gasteiger partial charge in [0.1, 0.15) is 0 Å². The summed E-state index contributed by atoms with van der Waals surface area (Å²) in [7, 11) is 0. The number of hydrogen-bond acceptors (Lipinski definition) is 4. The number of anilines is 2. The SMILES string of the molecule is Cc1ccc(NC(=O)c2ccc(N3CCC(C)CC3)nn2)cc1C. The number of aryl methyl sites for hydroxylation is 2. The Morgan fingerprint density at radius 3 is 2.46 bits per heavy atom. The van der Waals surface area contributed by atoms with Crippen LogP contribution in [-0.2, 0) is 0 Å². The first-order chi connectivity index (χ1) is 11.5. The minimum Gasteiger partial charge on any atom is -0.355 e. The van der Waals surface area contributed by atoms with Crippen LogP contribution in [0.1, 0.15) is 41.4 Å². The smallest absolute Gasteiger partial charge is 0.276 e. The van der Waals surface area contributed by atoms with Crippen LogP contribution in [0.4, 0.5) is 11.5 Å². The average molecular weight is 324 g/mol. The van der Waals surface area contributed by atoms with Gasteiger partial charge in [-0.05, 0) is 68.0 Å². The van der Waals surface area contributed by atoms with Crippen molar-refractivity contribution in [2.75, 3.05) is 23.3 Å². The summed E-state index contributed by atoms with van der Waals surface area (Å²) in [6, 6.07) is 9.49. The zero-order valence-corrected chi connectivity index (χ0v) is 14.5. The van der Waals surface area contributed by atoms with Gasteiger partial charge in [0.25, 0.3) is 5.91 Å². The zero-order chi connectivity index (χ0) is 17.1. The molecule has 0 aliphatic carbocycles. The number of amides is 1. The molecule has 1 fully saturated rings. The molecule has 0 atom stereocenters. The van der Waals surface area contributed by atoms with Crippen molar-refractivity contribution in [3.05, 3.63) is 47.2 Å². The third-order valence-electron chi connectivity index (χ3n) is 4.76. The number of hydrogen-bond donors (Lipinski definition) is 1. The summed E-state index contributed by atoms with van der Waals surface area (Å²) in [4.78, 5) is 14.5. The van der Waals surface area contributed by atoms with Crippen molar-refractivity contribution in [1.29, 1.82) is 0 Å². The number of nitrogens with zero attached hydrogens (tertiary/aromatic N) is 3. The Kier molecular flexibility index (Phi) is 4.79. The number of carbonyl (C=O) groups is 1. The van der Waals surface area contributed by atoms with Gasteiger partial charge in [-0.15, -0.1) is 10.2 Å². The van der Waals surface area contributed by atoms with Crippen molar-refractivity contribution >= 4 is 17.4 Å². The Balaban J connectivity index is 1.66. The Morgan fingerprint density at radius 2 is 1.83 bits per heavy atom. The van der Waals surface area contributed by atoms with E-state index in [0.717, 1.165) is 36.1 Å². The van der Waals surface area contributed by atoms with E-state index in [9.17, 15) is 4.79 Å². The topological polar surface area (TPSA) is 58.1 Å². The predicted octanol–water partition coefficient (Wildman–Crippen LogP) is 3.58. The van der Waals surface area contributed by atoms with Crippen LogP contribution >= 0.6 is 0 Å². The number of nitrogens with one attached hydrogen (secondary N) is 1. The van der Waals surface area contributed by atoms with Gasteiger partial charge in [-0.3, -0.25) is 4.79 Å². The van der Waals surface area contributed by atoms with E-state index in [4.69, 9.17) is 0 Å². The molecule has 0 bridgehead atoms. The molecule has 3 rings (SSSR count). The van der Waals surface area contributed by atoms with E-state index in [1.807, 2.05) is 38.1 Å². The first-order valence-electron chi connectivity index (χ1n) is 8.50. The minimum atomic E-state index is -0.232. The second-order valence-electron chi connectivity index (χ2n) is 6.70. The molecule has 126 valence electrons. The van der Waals surface area contributed by atoms with Crippen molar-refractivity contribution in [3.63, 3.8) is 0 Å². The van der Waals surface area contributed by atoms with E-state index in [-0.39, 0.29) is 5.91 Å². The summed E-state index contributed by atoms with van der Waals surface area (Å²) in [6.07, 6.45) is 2.35. The van der Waals surface area contributed by atoms with Crippen LogP contribution in [-0.4, -0.2) is 29.2 Å². The molecule has 1 N–H and O–H groups in total. The van der Waals surface area contributed by atoms with Crippen LogP contribution in [0.5, 0.6) is 0 Å². The van der Waals surface area contributed by atoms with Crippen molar-refractivity contribution < 1.29 is 4.79 Å². The summed E-state index contributed by atoms with van der Waals surface area (Å²) >= 11 is 0. The van der Waals surface area contributed by atoms with Gasteiger partial charge in [0, 0.05) is 18.8 Å². The molecule has 1 aromatic carbocycles. The second-order valence-corrected chi connectivity index (χ2v) is 6.70. The normalized spacial score (nSPS) is 15.4. The van der Waals surface area contributed by atoms with Gasteiger partial charge >= 0.3 is 0 Å². The molecule has 1 amide bonds. The van der Waals surface area contributed by atoms with Gasteiger partial charge in [0.05, 0.1) is 0 Å².